The average molecular weight is 439 g/mol. The van der Waals surface area contributed by atoms with Crippen LogP contribution in [0, 0.1) is 6.92 Å². The van der Waals surface area contributed by atoms with Gasteiger partial charge in [-0.05, 0) is 107 Å². The zero-order valence-electron chi connectivity index (χ0n) is 19.3. The third-order valence-electron chi connectivity index (χ3n) is 6.72. The van der Waals surface area contributed by atoms with Crippen LogP contribution in [-0.2, 0) is 12.8 Å². The van der Waals surface area contributed by atoms with Gasteiger partial charge in [-0.1, -0.05) is 44.9 Å². The Hall–Kier alpha value is -2.71. The fraction of sp³-hybridized carbons (Fsp3) is 0.300. The van der Waals surface area contributed by atoms with Crippen LogP contribution in [0.25, 0.3) is 41.7 Å². The van der Waals surface area contributed by atoms with Crippen LogP contribution in [0.1, 0.15) is 56.2 Å². The summed E-state index contributed by atoms with van der Waals surface area (Å²) >= 11 is 1.73. The van der Waals surface area contributed by atoms with Crippen molar-refractivity contribution in [2.24, 2.45) is 0 Å². The Morgan fingerprint density at radius 3 is 2.12 bits per heavy atom. The number of rotatable bonds is 6. The molecule has 0 spiro atoms. The Bertz CT molecular complexity index is 1520. The first-order chi connectivity index (χ1) is 15.6. The molecule has 1 aromatic heterocycles. The molecule has 5 aromatic rings. The summed E-state index contributed by atoms with van der Waals surface area (Å²) in [5, 5.41) is 6.63. The first kappa shape index (κ1) is 21.2. The summed E-state index contributed by atoms with van der Waals surface area (Å²) in [5.74, 6) is 0. The third-order valence-corrected chi connectivity index (χ3v) is 7.85. The Balaban J connectivity index is 1.70. The van der Waals surface area contributed by atoms with Crippen molar-refractivity contribution in [3.05, 3.63) is 81.5 Å². The summed E-state index contributed by atoms with van der Waals surface area (Å²) in [7, 11) is 0. The fourth-order valence-electron chi connectivity index (χ4n) is 4.78. The van der Waals surface area contributed by atoms with Gasteiger partial charge in [0.15, 0.2) is 5.43 Å². The lowest BCUT2D eigenvalue weighted by Crippen LogP contribution is -2.02. The maximum absolute atomic E-state index is 13.4. The lowest BCUT2D eigenvalue weighted by molar-refractivity contribution is 0.792. The van der Waals surface area contributed by atoms with Crippen molar-refractivity contribution in [3.63, 3.8) is 0 Å². The van der Waals surface area contributed by atoms with Gasteiger partial charge in [0, 0.05) is 20.2 Å². The van der Waals surface area contributed by atoms with Crippen LogP contribution in [0.15, 0.2) is 59.4 Å². The second kappa shape index (κ2) is 8.67. The van der Waals surface area contributed by atoms with E-state index in [-0.39, 0.29) is 5.43 Å². The molecule has 0 amide bonds. The first-order valence-corrected chi connectivity index (χ1v) is 12.8. The smallest absolute Gasteiger partial charge is 0.195 e. The first-order valence-electron chi connectivity index (χ1n) is 11.9. The SMILES string of the molecule is CCCCc1ccc2sc3cc4cc5cc(CCCC)c(C)cc5cc4cc3c(=O)c2c1. The van der Waals surface area contributed by atoms with Crippen molar-refractivity contribution in [1.29, 1.82) is 0 Å². The molecular weight excluding hydrogens is 408 g/mol. The number of hydrogen-bond acceptors (Lipinski definition) is 2. The zero-order chi connectivity index (χ0) is 22.2. The Morgan fingerprint density at radius 1 is 0.688 bits per heavy atom. The summed E-state index contributed by atoms with van der Waals surface area (Å²) in [4.78, 5) is 13.4. The van der Waals surface area contributed by atoms with Crippen molar-refractivity contribution < 1.29 is 0 Å². The molecule has 0 bridgehead atoms. The van der Waals surface area contributed by atoms with E-state index in [1.165, 1.54) is 52.1 Å². The van der Waals surface area contributed by atoms with Gasteiger partial charge < -0.3 is 0 Å². The molecule has 0 saturated carbocycles. The quantitative estimate of drug-likeness (QED) is 0.242. The monoisotopic (exact) mass is 438 g/mol. The summed E-state index contributed by atoms with van der Waals surface area (Å²) in [6.45, 7) is 6.67. The number of aryl methyl sites for hydroxylation is 3. The van der Waals surface area contributed by atoms with Crippen molar-refractivity contribution in [2.45, 2.75) is 59.3 Å². The average Bonchev–Trinajstić information content (AvgIpc) is 2.79. The molecule has 0 unspecified atom stereocenters. The molecule has 0 N–H and O–H groups in total. The van der Waals surface area contributed by atoms with Crippen molar-refractivity contribution >= 4 is 53.1 Å². The highest BCUT2D eigenvalue weighted by molar-refractivity contribution is 7.24. The van der Waals surface area contributed by atoms with Crippen LogP contribution in [0.5, 0.6) is 0 Å². The van der Waals surface area contributed by atoms with E-state index in [0.717, 1.165) is 44.8 Å². The van der Waals surface area contributed by atoms with Gasteiger partial charge in [-0.2, -0.15) is 0 Å². The van der Waals surface area contributed by atoms with Crippen molar-refractivity contribution in [1.82, 2.24) is 0 Å². The highest BCUT2D eigenvalue weighted by Crippen LogP contribution is 2.32. The van der Waals surface area contributed by atoms with E-state index >= 15 is 0 Å². The van der Waals surface area contributed by atoms with Gasteiger partial charge in [-0.15, -0.1) is 11.3 Å². The van der Waals surface area contributed by atoms with E-state index in [1.807, 2.05) is 0 Å². The van der Waals surface area contributed by atoms with Crippen LogP contribution in [0.3, 0.4) is 0 Å². The number of hydrogen-bond donors (Lipinski definition) is 0. The number of fused-ring (bicyclic) bond motifs is 4. The van der Waals surface area contributed by atoms with E-state index in [9.17, 15) is 4.79 Å². The normalized spacial score (nSPS) is 11.8. The van der Waals surface area contributed by atoms with Crippen molar-refractivity contribution in [3.8, 4) is 0 Å². The summed E-state index contributed by atoms with van der Waals surface area (Å²) in [6.07, 6.45) is 6.95. The lowest BCUT2D eigenvalue weighted by Gasteiger charge is -2.10. The molecule has 0 radical (unpaired) electrons. The van der Waals surface area contributed by atoms with Gasteiger partial charge in [0.2, 0.25) is 0 Å². The highest BCUT2D eigenvalue weighted by Gasteiger charge is 2.10. The van der Waals surface area contributed by atoms with Crippen molar-refractivity contribution in [2.75, 3.05) is 0 Å². The zero-order valence-corrected chi connectivity index (χ0v) is 20.1. The molecular formula is C30H30OS. The molecule has 0 saturated heterocycles. The molecule has 4 aromatic carbocycles. The van der Waals surface area contributed by atoms with Crippen LogP contribution in [0.2, 0.25) is 0 Å². The van der Waals surface area contributed by atoms with Gasteiger partial charge in [-0.25, -0.2) is 0 Å². The molecule has 0 aliphatic heterocycles. The minimum Gasteiger partial charge on any atom is -0.289 e. The lowest BCUT2D eigenvalue weighted by atomic mass is 9.95. The predicted octanol–water partition coefficient (Wildman–Crippen LogP) is 8.71. The minimum absolute atomic E-state index is 0.167. The maximum atomic E-state index is 13.4. The van der Waals surface area contributed by atoms with E-state index in [2.05, 4.69) is 75.4 Å². The standard InChI is InChI=1S/C30H30OS/c1-4-6-8-20-10-11-28-26(13-20)30(31)27-17-24-15-22-12-19(3)21(9-7-5-2)14-23(22)16-25(24)18-29(27)32-28/h10-18H,4-9H2,1-3H3. The van der Waals surface area contributed by atoms with E-state index < -0.39 is 0 Å². The van der Waals surface area contributed by atoms with E-state index in [1.54, 1.807) is 11.3 Å². The molecule has 0 aliphatic carbocycles. The Morgan fingerprint density at radius 2 is 1.34 bits per heavy atom. The largest absolute Gasteiger partial charge is 0.289 e. The topological polar surface area (TPSA) is 17.1 Å². The van der Waals surface area contributed by atoms with Gasteiger partial charge in [0.05, 0.1) is 0 Å². The van der Waals surface area contributed by atoms with E-state index in [0.29, 0.717) is 0 Å². The molecule has 1 nitrogen and oxygen atoms in total. The molecule has 162 valence electrons. The molecule has 32 heavy (non-hydrogen) atoms. The molecule has 0 atom stereocenters. The summed E-state index contributed by atoms with van der Waals surface area (Å²) < 4.78 is 2.16. The molecule has 2 heteroatoms. The summed E-state index contributed by atoms with van der Waals surface area (Å²) in [5.41, 5.74) is 4.25. The minimum atomic E-state index is 0.167. The molecule has 5 rings (SSSR count). The molecule has 0 aliphatic rings. The molecule has 1 heterocycles. The Kier molecular flexibility index (Phi) is 5.73. The summed E-state index contributed by atoms with van der Waals surface area (Å²) in [6, 6.07) is 20.0. The van der Waals surface area contributed by atoms with Crippen LogP contribution in [-0.4, -0.2) is 0 Å². The highest BCUT2D eigenvalue weighted by atomic mass is 32.1. The fourth-order valence-corrected chi connectivity index (χ4v) is 5.87. The van der Waals surface area contributed by atoms with Crippen LogP contribution >= 0.6 is 11.3 Å². The van der Waals surface area contributed by atoms with E-state index in [4.69, 9.17) is 0 Å². The number of benzene rings is 4. The van der Waals surface area contributed by atoms with Gasteiger partial charge in [-0.3, -0.25) is 4.79 Å². The second-order valence-corrected chi connectivity index (χ2v) is 10.2. The number of unbranched alkanes of at least 4 members (excludes halogenated alkanes) is 2. The van der Waals surface area contributed by atoms with Crippen LogP contribution in [0.4, 0.5) is 0 Å². The third kappa shape index (κ3) is 3.82. The molecule has 0 fully saturated rings. The van der Waals surface area contributed by atoms with Gasteiger partial charge in [0.1, 0.15) is 0 Å². The predicted molar refractivity (Wildman–Crippen MR) is 143 cm³/mol. The second-order valence-electron chi connectivity index (χ2n) is 9.14. The maximum Gasteiger partial charge on any atom is 0.195 e. The van der Waals surface area contributed by atoms with Gasteiger partial charge in [0.25, 0.3) is 0 Å². The van der Waals surface area contributed by atoms with Crippen LogP contribution < -0.4 is 5.43 Å². The van der Waals surface area contributed by atoms with Gasteiger partial charge >= 0.3 is 0 Å². The Labute approximate surface area is 193 Å².